The molecule has 0 aliphatic carbocycles. The molecule has 2 saturated heterocycles. The number of nitrogens with zero attached hydrogens (tertiary/aromatic N) is 1. The lowest BCUT2D eigenvalue weighted by molar-refractivity contribution is -0.141. The Morgan fingerprint density at radius 1 is 1.19 bits per heavy atom. The minimum Gasteiger partial charge on any atom is -0.381 e. The normalized spacial score (nSPS) is 27.4. The molecule has 4 nitrogen and oxygen atoms in total. The van der Waals surface area contributed by atoms with Gasteiger partial charge >= 0.3 is 0 Å². The van der Waals surface area contributed by atoms with E-state index in [1.54, 1.807) is 0 Å². The van der Waals surface area contributed by atoms with Gasteiger partial charge in [-0.05, 0) is 52.1 Å². The van der Waals surface area contributed by atoms with Crippen LogP contribution in [0.4, 0.5) is 0 Å². The Morgan fingerprint density at radius 2 is 1.90 bits per heavy atom. The third-order valence-corrected chi connectivity index (χ3v) is 4.71. The summed E-state index contributed by atoms with van der Waals surface area (Å²) in [7, 11) is 4.33. The van der Waals surface area contributed by atoms with Gasteiger partial charge in [-0.15, -0.1) is 0 Å². The first-order valence-corrected chi connectivity index (χ1v) is 8.61. The van der Waals surface area contributed by atoms with E-state index in [0.717, 1.165) is 58.0 Å². The van der Waals surface area contributed by atoms with Crippen LogP contribution in [0.25, 0.3) is 0 Å². The third kappa shape index (κ3) is 5.51. The molecule has 2 aliphatic rings. The summed E-state index contributed by atoms with van der Waals surface area (Å²) in [4.78, 5) is 2.30. The lowest BCUT2D eigenvalue weighted by atomic mass is 9.83. The van der Waals surface area contributed by atoms with Crippen LogP contribution in [0.15, 0.2) is 0 Å². The van der Waals surface area contributed by atoms with Gasteiger partial charge in [-0.1, -0.05) is 13.8 Å². The lowest BCUT2D eigenvalue weighted by Gasteiger charge is -2.44. The third-order valence-electron chi connectivity index (χ3n) is 4.71. The maximum atomic E-state index is 6.15. The van der Waals surface area contributed by atoms with E-state index in [9.17, 15) is 0 Å². The van der Waals surface area contributed by atoms with Crippen LogP contribution in [0.5, 0.6) is 0 Å². The molecule has 2 atom stereocenters. The quantitative estimate of drug-likeness (QED) is 0.816. The van der Waals surface area contributed by atoms with E-state index in [1.165, 1.54) is 6.42 Å². The molecule has 2 unspecified atom stereocenters. The van der Waals surface area contributed by atoms with Crippen LogP contribution in [0, 0.1) is 5.92 Å². The van der Waals surface area contributed by atoms with Gasteiger partial charge in [0.05, 0.1) is 5.60 Å². The van der Waals surface area contributed by atoms with Crippen molar-refractivity contribution in [3.05, 3.63) is 0 Å². The molecule has 4 heteroatoms. The fourth-order valence-corrected chi connectivity index (χ4v) is 3.80. The van der Waals surface area contributed by atoms with Crippen molar-refractivity contribution in [1.29, 1.82) is 0 Å². The van der Waals surface area contributed by atoms with Crippen LogP contribution in [0.2, 0.25) is 0 Å². The van der Waals surface area contributed by atoms with Crippen LogP contribution >= 0.6 is 0 Å². The highest BCUT2D eigenvalue weighted by molar-refractivity contribution is 4.93. The van der Waals surface area contributed by atoms with Crippen LogP contribution < -0.4 is 5.32 Å². The summed E-state index contributed by atoms with van der Waals surface area (Å²) in [5.74, 6) is 0.735. The zero-order chi connectivity index (χ0) is 15.3. The van der Waals surface area contributed by atoms with Crippen LogP contribution in [-0.4, -0.2) is 63.0 Å². The van der Waals surface area contributed by atoms with Gasteiger partial charge in [-0.2, -0.15) is 0 Å². The minimum absolute atomic E-state index is 0.0919. The van der Waals surface area contributed by atoms with E-state index in [-0.39, 0.29) is 5.60 Å². The number of likely N-dealkylation sites (N-methyl/N-ethyl adjacent to an activating group) is 1. The molecule has 1 spiro atoms. The second-order valence-electron chi connectivity index (χ2n) is 7.59. The van der Waals surface area contributed by atoms with Gasteiger partial charge in [0, 0.05) is 38.4 Å². The lowest BCUT2D eigenvalue weighted by Crippen LogP contribution is -2.53. The molecule has 2 aliphatic heterocycles. The van der Waals surface area contributed by atoms with E-state index >= 15 is 0 Å². The molecule has 0 saturated carbocycles. The van der Waals surface area contributed by atoms with Crippen molar-refractivity contribution < 1.29 is 9.47 Å². The Kier molecular flexibility index (Phi) is 6.48. The summed E-state index contributed by atoms with van der Waals surface area (Å²) >= 11 is 0. The Morgan fingerprint density at radius 3 is 2.52 bits per heavy atom. The number of hydrogen-bond acceptors (Lipinski definition) is 4. The van der Waals surface area contributed by atoms with Crippen LogP contribution in [-0.2, 0) is 9.47 Å². The standard InChI is InChI=1S/C17H34N2O2/c1-14(2)11-16(13-19(3)4)18-15-5-8-21-17(12-15)6-9-20-10-7-17/h14-16,18H,5-13H2,1-4H3. The number of nitrogens with one attached hydrogen (secondary N) is 1. The molecule has 21 heavy (non-hydrogen) atoms. The summed E-state index contributed by atoms with van der Waals surface area (Å²) in [6.45, 7) is 8.36. The zero-order valence-electron chi connectivity index (χ0n) is 14.4. The molecule has 0 amide bonds. The molecule has 0 aromatic rings. The van der Waals surface area contributed by atoms with E-state index in [4.69, 9.17) is 9.47 Å². The predicted octanol–water partition coefficient (Wildman–Crippen LogP) is 2.28. The first-order valence-electron chi connectivity index (χ1n) is 8.61. The Labute approximate surface area is 130 Å². The SMILES string of the molecule is CC(C)CC(CN(C)C)NC1CCOC2(CCOCC2)C1. The molecular formula is C17H34N2O2. The van der Waals surface area contributed by atoms with Crippen molar-refractivity contribution in [3.63, 3.8) is 0 Å². The highest BCUT2D eigenvalue weighted by Gasteiger charge is 2.39. The molecule has 124 valence electrons. The smallest absolute Gasteiger partial charge is 0.0741 e. The molecule has 2 rings (SSSR count). The van der Waals surface area contributed by atoms with Crippen LogP contribution in [0.1, 0.15) is 46.0 Å². The number of hydrogen-bond donors (Lipinski definition) is 1. The Balaban J connectivity index is 1.89. The van der Waals surface area contributed by atoms with E-state index in [1.807, 2.05) is 0 Å². The van der Waals surface area contributed by atoms with Crippen molar-refractivity contribution in [2.24, 2.45) is 5.92 Å². The van der Waals surface area contributed by atoms with Crippen LogP contribution in [0.3, 0.4) is 0 Å². The molecule has 1 N–H and O–H groups in total. The van der Waals surface area contributed by atoms with Crippen molar-refractivity contribution in [2.45, 2.75) is 63.6 Å². The summed E-state index contributed by atoms with van der Waals surface area (Å²) in [6.07, 6.45) is 5.66. The van der Waals surface area contributed by atoms with E-state index in [0.29, 0.717) is 12.1 Å². The van der Waals surface area contributed by atoms with Gasteiger partial charge in [0.1, 0.15) is 0 Å². The molecule has 0 radical (unpaired) electrons. The van der Waals surface area contributed by atoms with Gasteiger partial charge in [0.15, 0.2) is 0 Å². The maximum absolute atomic E-state index is 6.15. The molecule has 0 aromatic carbocycles. The molecule has 2 heterocycles. The molecule has 2 fully saturated rings. The number of rotatable bonds is 6. The molecule has 0 aromatic heterocycles. The first kappa shape index (κ1) is 17.2. The fraction of sp³-hybridized carbons (Fsp3) is 1.00. The summed E-state index contributed by atoms with van der Waals surface area (Å²) in [5.41, 5.74) is 0.0919. The molecule has 0 bridgehead atoms. The largest absolute Gasteiger partial charge is 0.381 e. The van der Waals surface area contributed by atoms with Gasteiger partial charge in [0.25, 0.3) is 0 Å². The second kappa shape index (κ2) is 7.91. The maximum Gasteiger partial charge on any atom is 0.0741 e. The number of ether oxygens (including phenoxy) is 2. The predicted molar refractivity (Wildman–Crippen MR) is 86.7 cm³/mol. The second-order valence-corrected chi connectivity index (χ2v) is 7.59. The average Bonchev–Trinajstić information content (AvgIpc) is 2.38. The van der Waals surface area contributed by atoms with E-state index < -0.39 is 0 Å². The highest BCUT2D eigenvalue weighted by atomic mass is 16.5. The van der Waals surface area contributed by atoms with Gasteiger partial charge < -0.3 is 19.7 Å². The van der Waals surface area contributed by atoms with Gasteiger partial charge in [-0.3, -0.25) is 0 Å². The fourth-order valence-electron chi connectivity index (χ4n) is 3.80. The van der Waals surface area contributed by atoms with Crippen molar-refractivity contribution in [2.75, 3.05) is 40.5 Å². The van der Waals surface area contributed by atoms with Crippen molar-refractivity contribution in [3.8, 4) is 0 Å². The monoisotopic (exact) mass is 298 g/mol. The Hall–Kier alpha value is -0.160. The molecular weight excluding hydrogens is 264 g/mol. The Bertz CT molecular complexity index is 286. The topological polar surface area (TPSA) is 33.7 Å². The van der Waals surface area contributed by atoms with Crippen molar-refractivity contribution >= 4 is 0 Å². The van der Waals surface area contributed by atoms with Gasteiger partial charge in [0.2, 0.25) is 0 Å². The van der Waals surface area contributed by atoms with Gasteiger partial charge in [-0.25, -0.2) is 0 Å². The van der Waals surface area contributed by atoms with E-state index in [2.05, 4.69) is 38.2 Å². The summed E-state index contributed by atoms with van der Waals surface area (Å²) in [5, 5.41) is 3.93. The zero-order valence-corrected chi connectivity index (χ0v) is 14.4. The summed E-state index contributed by atoms with van der Waals surface area (Å²) in [6, 6.07) is 1.18. The first-order chi connectivity index (χ1) is 9.99. The van der Waals surface area contributed by atoms with Crippen molar-refractivity contribution in [1.82, 2.24) is 10.2 Å². The summed E-state index contributed by atoms with van der Waals surface area (Å²) < 4.78 is 11.7. The highest BCUT2D eigenvalue weighted by Crippen LogP contribution is 2.34. The minimum atomic E-state index is 0.0919. The average molecular weight is 298 g/mol.